The van der Waals surface area contributed by atoms with Crippen LogP contribution in [-0.4, -0.2) is 48.2 Å². The van der Waals surface area contributed by atoms with Gasteiger partial charge in [0.05, 0.1) is 31.9 Å². The van der Waals surface area contributed by atoms with Crippen LogP contribution in [-0.2, 0) is 21.2 Å². The lowest BCUT2D eigenvalue weighted by molar-refractivity contribution is -0.120. The molecule has 3 aromatic rings. The topological polar surface area (TPSA) is 94.2 Å². The Morgan fingerprint density at radius 1 is 0.889 bits per heavy atom. The summed E-state index contributed by atoms with van der Waals surface area (Å²) in [6, 6.07) is 20.7. The quantitative estimate of drug-likeness (QED) is 0.394. The van der Waals surface area contributed by atoms with Crippen LogP contribution in [0.3, 0.4) is 0 Å². The molecule has 192 valence electrons. The van der Waals surface area contributed by atoms with Crippen LogP contribution in [0.1, 0.15) is 18.9 Å². The molecular weight excluding hydrogens is 480 g/mol. The third kappa shape index (κ3) is 6.69. The molecule has 1 atom stereocenters. The first-order valence-electron chi connectivity index (χ1n) is 11.5. The summed E-state index contributed by atoms with van der Waals surface area (Å²) in [5.74, 6) is 0.835. The fourth-order valence-corrected chi connectivity index (χ4v) is 5.16. The zero-order chi connectivity index (χ0) is 26.1. The SMILES string of the molecule is COc1ccc(N(CC(=O)N[C@H](C)CCc2ccccc2)S(=O)(=O)c2ccc(OC)c(OC)c2)cc1. The minimum Gasteiger partial charge on any atom is -0.497 e. The smallest absolute Gasteiger partial charge is 0.264 e. The van der Waals surface area contributed by atoms with Crippen LogP contribution in [0.2, 0.25) is 0 Å². The van der Waals surface area contributed by atoms with Crippen LogP contribution in [0, 0.1) is 0 Å². The summed E-state index contributed by atoms with van der Waals surface area (Å²) in [5.41, 5.74) is 1.51. The van der Waals surface area contributed by atoms with Crippen molar-refractivity contribution in [2.24, 2.45) is 0 Å². The Bertz CT molecular complexity index is 1250. The van der Waals surface area contributed by atoms with Crippen molar-refractivity contribution in [1.29, 1.82) is 0 Å². The van der Waals surface area contributed by atoms with Gasteiger partial charge in [-0.2, -0.15) is 0 Å². The Balaban J connectivity index is 1.83. The van der Waals surface area contributed by atoms with Crippen LogP contribution in [0.25, 0.3) is 0 Å². The number of nitrogens with zero attached hydrogens (tertiary/aromatic N) is 1. The van der Waals surface area contributed by atoms with E-state index >= 15 is 0 Å². The van der Waals surface area contributed by atoms with Gasteiger partial charge in [0, 0.05) is 12.1 Å². The molecule has 3 aromatic carbocycles. The normalized spacial score (nSPS) is 11.9. The molecule has 0 saturated carbocycles. The second-order valence-corrected chi connectivity index (χ2v) is 10.1. The van der Waals surface area contributed by atoms with Crippen LogP contribution in [0.4, 0.5) is 5.69 Å². The molecule has 0 bridgehead atoms. The standard InChI is InChI=1S/C27H32N2O6S/c1-20(10-11-21-8-6-5-7-9-21)28-27(30)19-29(22-12-14-23(33-2)15-13-22)36(31,32)24-16-17-25(34-3)26(18-24)35-4/h5-9,12-18,20H,10-11,19H2,1-4H3,(H,28,30)/t20-/m1/s1. The molecule has 0 aliphatic heterocycles. The fraction of sp³-hybridized carbons (Fsp3) is 0.296. The molecule has 0 spiro atoms. The van der Waals surface area contributed by atoms with Crippen molar-refractivity contribution in [2.45, 2.75) is 30.7 Å². The zero-order valence-corrected chi connectivity index (χ0v) is 21.7. The van der Waals surface area contributed by atoms with Crippen molar-refractivity contribution in [2.75, 3.05) is 32.2 Å². The third-order valence-corrected chi connectivity index (χ3v) is 7.48. The van der Waals surface area contributed by atoms with E-state index in [2.05, 4.69) is 5.32 Å². The highest BCUT2D eigenvalue weighted by molar-refractivity contribution is 7.92. The van der Waals surface area contributed by atoms with Gasteiger partial charge in [0.25, 0.3) is 10.0 Å². The first-order valence-corrected chi connectivity index (χ1v) is 12.9. The minimum atomic E-state index is -4.12. The number of aryl methyl sites for hydroxylation is 1. The van der Waals surface area contributed by atoms with Gasteiger partial charge in [0.15, 0.2) is 11.5 Å². The van der Waals surface area contributed by atoms with Gasteiger partial charge >= 0.3 is 0 Å². The number of sulfonamides is 1. The van der Waals surface area contributed by atoms with Gasteiger partial charge < -0.3 is 19.5 Å². The summed E-state index contributed by atoms with van der Waals surface area (Å²) in [6.07, 6.45) is 1.52. The van der Waals surface area contributed by atoms with E-state index in [1.54, 1.807) is 24.3 Å². The molecule has 1 N–H and O–H groups in total. The molecule has 8 nitrogen and oxygen atoms in total. The largest absolute Gasteiger partial charge is 0.497 e. The molecule has 0 heterocycles. The predicted octanol–water partition coefficient (Wildman–Crippen LogP) is 4.05. The van der Waals surface area contributed by atoms with Crippen molar-refractivity contribution in [3.8, 4) is 17.2 Å². The van der Waals surface area contributed by atoms with E-state index in [-0.39, 0.29) is 16.7 Å². The third-order valence-electron chi connectivity index (χ3n) is 5.71. The average Bonchev–Trinajstić information content (AvgIpc) is 2.90. The lowest BCUT2D eigenvalue weighted by Gasteiger charge is -2.25. The van der Waals surface area contributed by atoms with Crippen molar-refractivity contribution >= 4 is 21.6 Å². The number of hydrogen-bond acceptors (Lipinski definition) is 6. The summed E-state index contributed by atoms with van der Waals surface area (Å²) in [7, 11) is 0.306. The maximum absolute atomic E-state index is 13.7. The Morgan fingerprint density at radius 3 is 2.17 bits per heavy atom. The maximum Gasteiger partial charge on any atom is 0.264 e. The number of carbonyl (C=O) groups is 1. The minimum absolute atomic E-state index is 0.0269. The highest BCUT2D eigenvalue weighted by atomic mass is 32.2. The molecule has 9 heteroatoms. The summed E-state index contributed by atoms with van der Waals surface area (Å²) < 4.78 is 44.2. The number of carbonyl (C=O) groups excluding carboxylic acids is 1. The number of ether oxygens (including phenoxy) is 3. The molecule has 0 saturated heterocycles. The zero-order valence-electron chi connectivity index (χ0n) is 20.9. The van der Waals surface area contributed by atoms with Crippen LogP contribution >= 0.6 is 0 Å². The number of rotatable bonds is 12. The number of nitrogens with one attached hydrogen (secondary N) is 1. The number of amides is 1. The molecule has 0 unspecified atom stereocenters. The monoisotopic (exact) mass is 512 g/mol. The molecule has 3 rings (SSSR count). The number of benzene rings is 3. The first-order chi connectivity index (χ1) is 17.3. The second-order valence-electron chi connectivity index (χ2n) is 8.22. The average molecular weight is 513 g/mol. The summed E-state index contributed by atoms with van der Waals surface area (Å²) >= 11 is 0. The van der Waals surface area contributed by atoms with Gasteiger partial charge in [0.2, 0.25) is 5.91 Å². The van der Waals surface area contributed by atoms with Gasteiger partial charge in [-0.1, -0.05) is 30.3 Å². The Labute approximate surface area is 212 Å². The van der Waals surface area contributed by atoms with E-state index in [1.165, 1.54) is 45.1 Å². The molecule has 36 heavy (non-hydrogen) atoms. The molecule has 1 amide bonds. The summed E-state index contributed by atoms with van der Waals surface area (Å²) in [4.78, 5) is 13.0. The van der Waals surface area contributed by atoms with E-state index in [0.29, 0.717) is 17.2 Å². The summed E-state index contributed by atoms with van der Waals surface area (Å²) in [5, 5.41) is 2.92. The molecule has 0 aromatic heterocycles. The van der Waals surface area contributed by atoms with Crippen LogP contribution < -0.4 is 23.8 Å². The molecule has 0 radical (unpaired) electrons. The van der Waals surface area contributed by atoms with Gasteiger partial charge in [-0.25, -0.2) is 8.42 Å². The second kappa shape index (κ2) is 12.3. The van der Waals surface area contributed by atoms with Gasteiger partial charge in [-0.15, -0.1) is 0 Å². The van der Waals surface area contributed by atoms with E-state index < -0.39 is 22.5 Å². The van der Waals surface area contributed by atoms with Crippen molar-refractivity contribution in [1.82, 2.24) is 5.32 Å². The van der Waals surface area contributed by atoms with Crippen molar-refractivity contribution in [3.63, 3.8) is 0 Å². The molecule has 0 fully saturated rings. The number of hydrogen-bond donors (Lipinski definition) is 1. The first kappa shape index (κ1) is 26.9. The lowest BCUT2D eigenvalue weighted by Crippen LogP contribution is -2.43. The van der Waals surface area contributed by atoms with E-state index in [4.69, 9.17) is 14.2 Å². The Morgan fingerprint density at radius 2 is 1.56 bits per heavy atom. The Hall–Kier alpha value is -3.72. The van der Waals surface area contributed by atoms with Gasteiger partial charge in [-0.05, 0) is 61.7 Å². The predicted molar refractivity (Wildman–Crippen MR) is 139 cm³/mol. The van der Waals surface area contributed by atoms with E-state index in [1.807, 2.05) is 37.3 Å². The van der Waals surface area contributed by atoms with Gasteiger partial charge in [-0.3, -0.25) is 9.10 Å². The molecule has 0 aliphatic rings. The van der Waals surface area contributed by atoms with Crippen LogP contribution in [0.5, 0.6) is 17.2 Å². The van der Waals surface area contributed by atoms with E-state index in [9.17, 15) is 13.2 Å². The molecular formula is C27H32N2O6S. The summed E-state index contributed by atoms with van der Waals surface area (Å²) in [6.45, 7) is 1.51. The highest BCUT2D eigenvalue weighted by Gasteiger charge is 2.28. The Kier molecular flexibility index (Phi) is 9.19. The lowest BCUT2D eigenvalue weighted by atomic mass is 10.1. The maximum atomic E-state index is 13.7. The number of methoxy groups -OCH3 is 3. The van der Waals surface area contributed by atoms with E-state index in [0.717, 1.165) is 17.1 Å². The molecule has 0 aliphatic carbocycles. The van der Waals surface area contributed by atoms with Crippen molar-refractivity contribution in [3.05, 3.63) is 78.4 Å². The van der Waals surface area contributed by atoms with Crippen LogP contribution in [0.15, 0.2) is 77.7 Å². The fourth-order valence-electron chi connectivity index (χ4n) is 3.72. The highest BCUT2D eigenvalue weighted by Crippen LogP contribution is 2.32. The van der Waals surface area contributed by atoms with Crippen molar-refractivity contribution < 1.29 is 27.4 Å². The van der Waals surface area contributed by atoms with Gasteiger partial charge in [0.1, 0.15) is 12.3 Å². The number of anilines is 1.